The van der Waals surface area contributed by atoms with E-state index >= 15 is 0 Å². The predicted octanol–water partition coefficient (Wildman–Crippen LogP) is 6.69. The highest BCUT2D eigenvalue weighted by molar-refractivity contribution is 7.21. The van der Waals surface area contributed by atoms with Gasteiger partial charge in [-0.25, -0.2) is 0 Å². The van der Waals surface area contributed by atoms with Crippen LogP contribution in [0.15, 0.2) is 60.7 Å². The molecule has 0 radical (unpaired) electrons. The maximum atomic E-state index is 13.6. The molecule has 4 nitrogen and oxygen atoms in total. The van der Waals surface area contributed by atoms with Crippen molar-refractivity contribution in [1.29, 1.82) is 0 Å². The number of phenolic OH excluding ortho intramolecular Hbond substituents is 1. The summed E-state index contributed by atoms with van der Waals surface area (Å²) in [5.41, 5.74) is 3.86. The second kappa shape index (κ2) is 9.80. The van der Waals surface area contributed by atoms with Crippen molar-refractivity contribution in [2.75, 3.05) is 26.3 Å². The molecule has 0 spiro atoms. The van der Waals surface area contributed by atoms with Gasteiger partial charge >= 0.3 is 0 Å². The van der Waals surface area contributed by atoms with E-state index in [9.17, 15) is 14.3 Å². The van der Waals surface area contributed by atoms with Gasteiger partial charge in [0, 0.05) is 41.2 Å². The van der Waals surface area contributed by atoms with E-state index in [1.807, 2.05) is 56.3 Å². The molecule has 0 amide bonds. The zero-order chi connectivity index (χ0) is 24.5. The Morgan fingerprint density at radius 3 is 2.57 bits per heavy atom. The van der Waals surface area contributed by atoms with Crippen molar-refractivity contribution < 1.29 is 19.0 Å². The van der Waals surface area contributed by atoms with Crippen LogP contribution in [-0.4, -0.2) is 42.1 Å². The molecule has 0 unspecified atom stereocenters. The summed E-state index contributed by atoms with van der Waals surface area (Å²) in [5.74, 6) is 1.43. The molecule has 1 saturated heterocycles. The number of likely N-dealkylation sites (tertiary alicyclic amines) is 1. The molecule has 1 aliphatic heterocycles. The number of halogens is 1. The number of carbonyl (C=O) groups is 1. The molecule has 0 atom stereocenters. The number of thiophene rings is 1. The first-order valence-corrected chi connectivity index (χ1v) is 12.7. The van der Waals surface area contributed by atoms with Gasteiger partial charge in [0.15, 0.2) is 5.75 Å². The Balaban J connectivity index is 1.40. The first kappa shape index (κ1) is 23.5. The fourth-order valence-electron chi connectivity index (χ4n) is 4.59. The molecular weight excluding hydrogens is 461 g/mol. The highest BCUT2D eigenvalue weighted by Gasteiger charge is 2.26. The van der Waals surface area contributed by atoms with E-state index in [-0.39, 0.29) is 24.1 Å². The van der Waals surface area contributed by atoms with Crippen LogP contribution in [0.4, 0.5) is 4.39 Å². The molecule has 1 fully saturated rings. The summed E-state index contributed by atoms with van der Waals surface area (Å²) in [6.45, 7) is 6.32. The van der Waals surface area contributed by atoms with Crippen LogP contribution in [0.25, 0.3) is 10.1 Å². The number of nitrogens with zero attached hydrogens (tertiary/aromatic N) is 1. The molecule has 5 rings (SSSR count). The van der Waals surface area contributed by atoms with E-state index < -0.39 is 0 Å². The fraction of sp³-hybridized carbons (Fsp3) is 0.276. The lowest BCUT2D eigenvalue weighted by molar-refractivity contribution is 0.0824. The molecule has 6 heteroatoms. The number of hydrogen-bond acceptors (Lipinski definition) is 5. The molecule has 1 aliphatic rings. The number of phenols is 1. The van der Waals surface area contributed by atoms with Crippen LogP contribution >= 0.6 is 11.3 Å². The summed E-state index contributed by atoms with van der Waals surface area (Å²) in [7, 11) is 0. The van der Waals surface area contributed by atoms with Crippen LogP contribution in [0, 0.1) is 19.8 Å². The van der Waals surface area contributed by atoms with Crippen molar-refractivity contribution in [2.24, 2.45) is 5.92 Å². The number of hydrogen-bond donors (Lipinski definition) is 1. The van der Waals surface area contributed by atoms with Crippen LogP contribution < -0.4 is 4.74 Å². The van der Waals surface area contributed by atoms with E-state index in [4.69, 9.17) is 4.74 Å². The highest BCUT2D eigenvalue weighted by Crippen LogP contribution is 2.43. The Hall–Kier alpha value is -3.22. The second-order valence-electron chi connectivity index (χ2n) is 9.36. The molecule has 4 aromatic rings. The van der Waals surface area contributed by atoms with E-state index in [2.05, 4.69) is 4.90 Å². The minimum Gasteiger partial charge on any atom is -0.508 e. The van der Waals surface area contributed by atoms with Gasteiger partial charge in [-0.15, -0.1) is 11.3 Å². The molecule has 0 saturated carbocycles. The third-order valence-electron chi connectivity index (χ3n) is 6.57. The Labute approximate surface area is 208 Å². The van der Waals surface area contributed by atoms with Gasteiger partial charge in [-0.2, -0.15) is 0 Å². The Morgan fingerprint density at radius 2 is 1.86 bits per heavy atom. The van der Waals surface area contributed by atoms with E-state index in [0.717, 1.165) is 47.3 Å². The smallest absolute Gasteiger partial charge is 0.207 e. The van der Waals surface area contributed by atoms with Gasteiger partial charge in [0.25, 0.3) is 0 Å². The van der Waals surface area contributed by atoms with Gasteiger partial charge in [0.2, 0.25) is 5.78 Å². The molecule has 1 aromatic heterocycles. The normalized spacial score (nSPS) is 14.3. The van der Waals surface area contributed by atoms with Crippen molar-refractivity contribution in [3.8, 4) is 17.2 Å². The quantitative estimate of drug-likeness (QED) is 0.280. The summed E-state index contributed by atoms with van der Waals surface area (Å²) in [4.78, 5) is 16.4. The number of benzene rings is 3. The van der Waals surface area contributed by atoms with Crippen LogP contribution in [0.3, 0.4) is 0 Å². The number of alkyl halides is 1. The Morgan fingerprint density at radius 1 is 1.09 bits per heavy atom. The third-order valence-corrected chi connectivity index (χ3v) is 7.70. The lowest BCUT2D eigenvalue weighted by atomic mass is 10.0. The average Bonchev–Trinajstić information content (AvgIpc) is 3.16. The third kappa shape index (κ3) is 4.95. The van der Waals surface area contributed by atoms with Crippen molar-refractivity contribution >= 4 is 27.2 Å². The lowest BCUT2D eigenvalue weighted by Gasteiger charge is -2.37. The minimum absolute atomic E-state index is 0.0871. The monoisotopic (exact) mass is 489 g/mol. The van der Waals surface area contributed by atoms with Gasteiger partial charge in [-0.3, -0.25) is 9.18 Å². The second-order valence-corrected chi connectivity index (χ2v) is 10.4. The van der Waals surface area contributed by atoms with Gasteiger partial charge in [0.1, 0.15) is 16.4 Å². The summed E-state index contributed by atoms with van der Waals surface area (Å²) < 4.78 is 19.7. The van der Waals surface area contributed by atoms with Crippen molar-refractivity contribution in [3.05, 3.63) is 87.8 Å². The van der Waals surface area contributed by atoms with Crippen LogP contribution in [-0.2, 0) is 6.42 Å². The van der Waals surface area contributed by atoms with Crippen LogP contribution in [0.5, 0.6) is 17.2 Å². The van der Waals surface area contributed by atoms with Gasteiger partial charge in [-0.1, -0.05) is 35.9 Å². The van der Waals surface area contributed by atoms with Gasteiger partial charge in [-0.05, 0) is 61.7 Å². The number of carbonyl (C=O) groups excluding carboxylic acids is 1. The molecule has 2 heterocycles. The number of ketones is 1. The van der Waals surface area contributed by atoms with E-state index in [0.29, 0.717) is 21.9 Å². The van der Waals surface area contributed by atoms with Crippen molar-refractivity contribution in [3.63, 3.8) is 0 Å². The Kier molecular flexibility index (Phi) is 6.58. The van der Waals surface area contributed by atoms with E-state index in [1.54, 1.807) is 18.2 Å². The van der Waals surface area contributed by atoms with E-state index in [1.165, 1.54) is 16.9 Å². The molecule has 0 bridgehead atoms. The van der Waals surface area contributed by atoms with Crippen molar-refractivity contribution in [2.45, 2.75) is 20.3 Å². The summed E-state index contributed by atoms with van der Waals surface area (Å²) in [6.07, 6.45) is 0.899. The van der Waals surface area contributed by atoms with Crippen LogP contribution in [0.2, 0.25) is 0 Å². The molecule has 3 aromatic carbocycles. The Bertz CT molecular complexity index is 1370. The summed E-state index contributed by atoms with van der Waals surface area (Å²) in [5, 5.41) is 10.8. The molecule has 1 N–H and O–H groups in total. The lowest BCUT2D eigenvalue weighted by Crippen LogP contribution is -2.48. The summed E-state index contributed by atoms with van der Waals surface area (Å²) in [6, 6.07) is 18.8. The number of rotatable bonds is 8. The fourth-order valence-corrected chi connectivity index (χ4v) is 5.71. The maximum Gasteiger partial charge on any atom is 0.207 e. The molecule has 180 valence electrons. The first-order valence-electron chi connectivity index (χ1n) is 11.8. The van der Waals surface area contributed by atoms with Crippen LogP contribution in [0.1, 0.15) is 31.9 Å². The minimum atomic E-state index is -0.229. The number of aromatic hydroxyl groups is 1. The first-order chi connectivity index (χ1) is 16.9. The molecular formula is C29H28FNO3S. The average molecular weight is 490 g/mol. The zero-order valence-electron chi connectivity index (χ0n) is 19.9. The number of aryl methyl sites for hydroxylation is 2. The van der Waals surface area contributed by atoms with Crippen molar-refractivity contribution in [1.82, 2.24) is 4.90 Å². The number of ether oxygens (including phenoxy) is 1. The largest absolute Gasteiger partial charge is 0.508 e. The molecule has 35 heavy (non-hydrogen) atoms. The topological polar surface area (TPSA) is 49.8 Å². The number of fused-ring (bicyclic) bond motifs is 1. The predicted molar refractivity (Wildman–Crippen MR) is 139 cm³/mol. The standard InChI is InChI=1S/C29H28FNO3S/c1-18-3-9-24(19(2)13-18)27(33)29-28(25-10-6-22(32)14-26(25)35-29)34-23-7-4-20(5-8-23)11-12-31-16-21(15-30)17-31/h3-10,13-14,21,32H,11-12,15-17H2,1-2H3. The summed E-state index contributed by atoms with van der Waals surface area (Å²) >= 11 is 1.33. The maximum absolute atomic E-state index is 13.6. The zero-order valence-corrected chi connectivity index (χ0v) is 20.7. The molecule has 0 aliphatic carbocycles. The SMILES string of the molecule is Cc1ccc(C(=O)c2sc3cc(O)ccc3c2Oc2ccc(CCN3CC(CF)C3)cc2)c(C)c1. The van der Waals surface area contributed by atoms with Gasteiger partial charge < -0.3 is 14.7 Å². The highest BCUT2D eigenvalue weighted by atomic mass is 32.1. The van der Waals surface area contributed by atoms with Gasteiger partial charge in [0.05, 0.1) is 6.67 Å².